The predicted octanol–water partition coefficient (Wildman–Crippen LogP) is 3.20. The summed E-state index contributed by atoms with van der Waals surface area (Å²) in [5.41, 5.74) is 1.02. The monoisotopic (exact) mass is 340 g/mol. The fraction of sp³-hybridized carbons (Fsp3) is 0.133. The topological polar surface area (TPSA) is 69.7 Å². The number of ether oxygens (including phenoxy) is 1. The maximum Gasteiger partial charge on any atom is 0.340 e. The lowest BCUT2D eigenvalue weighted by Crippen LogP contribution is -2.11. The molecular formula is C15H13ClO5S. The van der Waals surface area contributed by atoms with E-state index in [2.05, 4.69) is 4.74 Å². The fourth-order valence-electron chi connectivity index (χ4n) is 1.77. The second-order valence-corrected chi connectivity index (χ2v) is 6.41. The molecule has 0 aromatic heterocycles. The second-order valence-electron chi connectivity index (χ2n) is 4.49. The minimum atomic E-state index is -4.09. The van der Waals surface area contributed by atoms with Crippen molar-refractivity contribution in [3.05, 3.63) is 58.6 Å². The molecule has 0 aliphatic rings. The van der Waals surface area contributed by atoms with Crippen LogP contribution < -0.4 is 4.18 Å². The van der Waals surface area contributed by atoms with Crippen molar-refractivity contribution >= 4 is 27.7 Å². The molecule has 0 aliphatic heterocycles. The molecule has 0 aliphatic carbocycles. The standard InChI is InChI=1S/C15H13ClO5S/c1-10-6-7-14(13(16)8-10)22(18,19)21-12-5-3-4-11(9-12)15(17)20-2/h3-9H,1-2H3. The Bertz CT molecular complexity index is 814. The molecule has 0 fully saturated rings. The molecule has 2 aromatic rings. The molecule has 116 valence electrons. The summed E-state index contributed by atoms with van der Waals surface area (Å²) < 4.78 is 34.1. The van der Waals surface area contributed by atoms with Gasteiger partial charge in [-0.2, -0.15) is 8.42 Å². The smallest absolute Gasteiger partial charge is 0.340 e. The average Bonchev–Trinajstić information content (AvgIpc) is 2.45. The largest absolute Gasteiger partial charge is 0.465 e. The van der Waals surface area contributed by atoms with Crippen molar-refractivity contribution in [1.82, 2.24) is 0 Å². The van der Waals surface area contributed by atoms with Crippen molar-refractivity contribution in [2.45, 2.75) is 11.8 Å². The Labute approximate surface area is 133 Å². The molecule has 0 bridgehead atoms. The van der Waals surface area contributed by atoms with Gasteiger partial charge in [0, 0.05) is 0 Å². The van der Waals surface area contributed by atoms with Gasteiger partial charge in [0.25, 0.3) is 0 Å². The Balaban J connectivity index is 2.35. The molecule has 0 N–H and O–H groups in total. The normalized spacial score (nSPS) is 11.0. The Morgan fingerprint density at radius 3 is 2.50 bits per heavy atom. The van der Waals surface area contributed by atoms with E-state index >= 15 is 0 Å². The summed E-state index contributed by atoms with van der Waals surface area (Å²) in [4.78, 5) is 11.3. The number of methoxy groups -OCH3 is 1. The number of halogens is 1. The molecule has 0 atom stereocenters. The number of esters is 1. The molecular weight excluding hydrogens is 328 g/mol. The molecule has 2 aromatic carbocycles. The predicted molar refractivity (Wildman–Crippen MR) is 81.8 cm³/mol. The van der Waals surface area contributed by atoms with Crippen LogP contribution in [0, 0.1) is 6.92 Å². The number of hydrogen-bond acceptors (Lipinski definition) is 5. The average molecular weight is 341 g/mol. The molecule has 0 saturated carbocycles. The van der Waals surface area contributed by atoms with Crippen LogP contribution in [-0.2, 0) is 14.9 Å². The first-order valence-electron chi connectivity index (χ1n) is 6.22. The number of carbonyl (C=O) groups excluding carboxylic acids is 1. The van der Waals surface area contributed by atoms with Crippen LogP contribution >= 0.6 is 11.6 Å². The van der Waals surface area contributed by atoms with Crippen LogP contribution in [0.5, 0.6) is 5.75 Å². The highest BCUT2D eigenvalue weighted by atomic mass is 35.5. The van der Waals surface area contributed by atoms with Crippen LogP contribution in [0.3, 0.4) is 0 Å². The van der Waals surface area contributed by atoms with Crippen LogP contribution in [0.15, 0.2) is 47.4 Å². The quantitative estimate of drug-likeness (QED) is 0.631. The summed E-state index contributed by atoms with van der Waals surface area (Å²) in [5, 5.41) is 0.0733. The maximum atomic E-state index is 12.3. The summed E-state index contributed by atoms with van der Waals surface area (Å²) in [7, 11) is -2.86. The molecule has 5 nitrogen and oxygen atoms in total. The van der Waals surface area contributed by atoms with E-state index in [-0.39, 0.29) is 21.2 Å². The Morgan fingerprint density at radius 2 is 1.86 bits per heavy atom. The summed E-state index contributed by atoms with van der Waals surface area (Å²) >= 11 is 5.95. The van der Waals surface area contributed by atoms with E-state index in [4.69, 9.17) is 15.8 Å². The second kappa shape index (κ2) is 6.37. The van der Waals surface area contributed by atoms with Crippen LogP contribution in [0.1, 0.15) is 15.9 Å². The van der Waals surface area contributed by atoms with E-state index in [1.807, 2.05) is 0 Å². The lowest BCUT2D eigenvalue weighted by molar-refractivity contribution is 0.0600. The molecule has 0 spiro atoms. The molecule has 0 saturated heterocycles. The summed E-state index contributed by atoms with van der Waals surface area (Å²) in [6.45, 7) is 1.79. The van der Waals surface area contributed by atoms with Gasteiger partial charge in [-0.05, 0) is 42.8 Å². The lowest BCUT2D eigenvalue weighted by Gasteiger charge is -2.09. The van der Waals surface area contributed by atoms with Crippen molar-refractivity contribution in [2.24, 2.45) is 0 Å². The van der Waals surface area contributed by atoms with Crippen molar-refractivity contribution in [1.29, 1.82) is 0 Å². The Kier molecular flexibility index (Phi) is 4.73. The van der Waals surface area contributed by atoms with E-state index in [0.717, 1.165) is 5.56 Å². The van der Waals surface area contributed by atoms with E-state index in [1.54, 1.807) is 13.0 Å². The zero-order chi connectivity index (χ0) is 16.3. The third-order valence-corrected chi connectivity index (χ3v) is 4.55. The van der Waals surface area contributed by atoms with Gasteiger partial charge in [0.2, 0.25) is 0 Å². The summed E-state index contributed by atoms with van der Waals surface area (Å²) in [6, 6.07) is 10.2. The first-order chi connectivity index (χ1) is 10.3. The van der Waals surface area contributed by atoms with Crippen molar-refractivity contribution in [3.63, 3.8) is 0 Å². The van der Waals surface area contributed by atoms with Gasteiger partial charge < -0.3 is 8.92 Å². The van der Waals surface area contributed by atoms with E-state index in [0.29, 0.717) is 0 Å². The first-order valence-corrected chi connectivity index (χ1v) is 8.01. The molecule has 0 unspecified atom stereocenters. The van der Waals surface area contributed by atoms with Gasteiger partial charge in [-0.1, -0.05) is 23.7 Å². The van der Waals surface area contributed by atoms with E-state index in [1.165, 1.54) is 43.5 Å². The van der Waals surface area contributed by atoms with Crippen LogP contribution in [0.2, 0.25) is 5.02 Å². The Hall–Kier alpha value is -2.05. The van der Waals surface area contributed by atoms with Gasteiger partial charge in [0.05, 0.1) is 17.7 Å². The van der Waals surface area contributed by atoms with Crippen LogP contribution in [0.4, 0.5) is 0 Å². The van der Waals surface area contributed by atoms with Gasteiger partial charge in [-0.3, -0.25) is 0 Å². The number of rotatable bonds is 4. The zero-order valence-corrected chi connectivity index (χ0v) is 13.4. The molecule has 0 amide bonds. The van der Waals surface area contributed by atoms with Crippen molar-refractivity contribution < 1.29 is 22.1 Å². The van der Waals surface area contributed by atoms with Gasteiger partial charge in [0.15, 0.2) is 0 Å². The third-order valence-electron chi connectivity index (χ3n) is 2.82. The van der Waals surface area contributed by atoms with Gasteiger partial charge in [0.1, 0.15) is 10.6 Å². The number of hydrogen-bond donors (Lipinski definition) is 0. The number of benzene rings is 2. The SMILES string of the molecule is COC(=O)c1cccc(OS(=O)(=O)c2ccc(C)cc2Cl)c1. The molecule has 2 rings (SSSR count). The molecule has 22 heavy (non-hydrogen) atoms. The van der Waals surface area contributed by atoms with Crippen molar-refractivity contribution in [3.8, 4) is 5.75 Å². The molecule has 0 radical (unpaired) electrons. The highest BCUT2D eigenvalue weighted by Gasteiger charge is 2.21. The summed E-state index contributed by atoms with van der Waals surface area (Å²) in [5.74, 6) is -0.587. The zero-order valence-electron chi connectivity index (χ0n) is 11.9. The minimum Gasteiger partial charge on any atom is -0.465 e. The summed E-state index contributed by atoms with van der Waals surface area (Å²) in [6.07, 6.45) is 0. The van der Waals surface area contributed by atoms with Gasteiger partial charge in [-0.25, -0.2) is 4.79 Å². The lowest BCUT2D eigenvalue weighted by atomic mass is 10.2. The highest BCUT2D eigenvalue weighted by molar-refractivity contribution is 7.87. The Morgan fingerprint density at radius 1 is 1.14 bits per heavy atom. The number of carbonyl (C=O) groups is 1. The fourth-order valence-corrected chi connectivity index (χ4v) is 3.27. The van der Waals surface area contributed by atoms with E-state index in [9.17, 15) is 13.2 Å². The number of aryl methyl sites for hydroxylation is 1. The van der Waals surface area contributed by atoms with Crippen molar-refractivity contribution in [2.75, 3.05) is 7.11 Å². The third kappa shape index (κ3) is 3.58. The molecule has 7 heteroatoms. The van der Waals surface area contributed by atoms with Crippen LogP contribution in [-0.4, -0.2) is 21.5 Å². The minimum absolute atomic E-state index is 0.000424. The highest BCUT2D eigenvalue weighted by Crippen LogP contribution is 2.26. The maximum absolute atomic E-state index is 12.3. The van der Waals surface area contributed by atoms with Gasteiger partial charge in [-0.15, -0.1) is 0 Å². The molecule has 0 heterocycles. The van der Waals surface area contributed by atoms with Gasteiger partial charge >= 0.3 is 16.1 Å². The van der Waals surface area contributed by atoms with E-state index < -0.39 is 16.1 Å². The van der Waals surface area contributed by atoms with Crippen LogP contribution in [0.25, 0.3) is 0 Å². The first kappa shape index (κ1) is 16.3.